The number of terminal acetylenes is 1. The first-order valence-corrected chi connectivity index (χ1v) is 10.3. The molecule has 1 saturated heterocycles. The van der Waals surface area contributed by atoms with Gasteiger partial charge in [0.05, 0.1) is 12.1 Å². The van der Waals surface area contributed by atoms with Crippen molar-refractivity contribution in [2.75, 3.05) is 6.54 Å². The van der Waals surface area contributed by atoms with Crippen LogP contribution in [0.5, 0.6) is 5.75 Å². The van der Waals surface area contributed by atoms with Gasteiger partial charge in [0.1, 0.15) is 17.2 Å². The quantitative estimate of drug-likeness (QED) is 0.277. The van der Waals surface area contributed by atoms with Gasteiger partial charge >= 0.3 is 0 Å². The molecule has 3 aromatic rings. The van der Waals surface area contributed by atoms with E-state index in [1.54, 1.807) is 12.2 Å². The lowest BCUT2D eigenvalue weighted by molar-refractivity contribution is 0.364. The van der Waals surface area contributed by atoms with E-state index in [2.05, 4.69) is 34.4 Å². The van der Waals surface area contributed by atoms with Crippen LogP contribution in [0.25, 0.3) is 22.2 Å². The number of fused-ring (bicyclic) bond motifs is 1. The first-order chi connectivity index (χ1) is 14.7. The molecule has 1 aliphatic heterocycles. The third-order valence-corrected chi connectivity index (χ3v) is 5.60. The van der Waals surface area contributed by atoms with Crippen molar-refractivity contribution in [1.82, 2.24) is 19.6 Å². The molecule has 0 N–H and O–H groups in total. The normalized spacial score (nSPS) is 17.6. The molecule has 5 nitrogen and oxygen atoms in total. The molecule has 1 atom stereocenters. The average molecular weight is 396 g/mol. The van der Waals surface area contributed by atoms with Crippen molar-refractivity contribution in [3.05, 3.63) is 66.7 Å². The molecule has 0 spiro atoms. The number of ether oxygens (including phenoxy) is 1. The zero-order valence-electron chi connectivity index (χ0n) is 17.5. The molecule has 1 fully saturated rings. The fraction of sp³-hybridized carbons (Fsp3) is 0.250. The molecular formula is C24H25BN4O. The Labute approximate surface area is 178 Å². The number of aromatic nitrogens is 3. The Bertz CT molecular complexity index is 1120. The minimum absolute atomic E-state index is 0.528. The van der Waals surface area contributed by atoms with Crippen LogP contribution in [0.1, 0.15) is 19.8 Å². The van der Waals surface area contributed by atoms with Crippen molar-refractivity contribution in [3.63, 3.8) is 0 Å². The third kappa shape index (κ3) is 4.17. The zero-order chi connectivity index (χ0) is 20.9. The number of allylic oxidation sites excluding steroid dienone is 3. The summed E-state index contributed by atoms with van der Waals surface area (Å²) in [5.74, 6) is 3.94. The van der Waals surface area contributed by atoms with Crippen LogP contribution in [-0.2, 0) is 6.54 Å². The van der Waals surface area contributed by atoms with Gasteiger partial charge in [0.15, 0.2) is 7.98 Å². The SMILES string of the molecule is BN1CCC[C@H]1Cn1nc(-c2ccc(OC(/C=C\C#C)=C/C)cc2)c2cnccc21. The predicted molar refractivity (Wildman–Crippen MR) is 124 cm³/mol. The second kappa shape index (κ2) is 9.02. The Morgan fingerprint density at radius 2 is 2.17 bits per heavy atom. The van der Waals surface area contributed by atoms with Gasteiger partial charge in [-0.1, -0.05) is 5.92 Å². The van der Waals surface area contributed by atoms with Crippen molar-refractivity contribution < 1.29 is 4.74 Å². The highest BCUT2D eigenvalue weighted by molar-refractivity contribution is 6.04. The summed E-state index contributed by atoms with van der Waals surface area (Å²) in [6, 6.07) is 10.6. The maximum absolute atomic E-state index is 5.89. The maximum Gasteiger partial charge on any atom is 0.185 e. The molecule has 0 radical (unpaired) electrons. The molecule has 6 heteroatoms. The Morgan fingerprint density at radius 1 is 1.33 bits per heavy atom. The molecule has 150 valence electrons. The van der Waals surface area contributed by atoms with Gasteiger partial charge < -0.3 is 9.55 Å². The van der Waals surface area contributed by atoms with Gasteiger partial charge in [0.25, 0.3) is 0 Å². The summed E-state index contributed by atoms with van der Waals surface area (Å²) in [7, 11) is 2.20. The molecule has 1 aromatic carbocycles. The number of hydrogen-bond acceptors (Lipinski definition) is 4. The molecular weight excluding hydrogens is 371 g/mol. The van der Waals surface area contributed by atoms with E-state index in [0.717, 1.165) is 41.0 Å². The lowest BCUT2D eigenvalue weighted by Gasteiger charge is -2.20. The van der Waals surface area contributed by atoms with Gasteiger partial charge in [-0.15, -0.1) is 6.42 Å². The number of hydrogen-bond donors (Lipinski definition) is 0. The molecule has 2 aromatic heterocycles. The van der Waals surface area contributed by atoms with E-state index < -0.39 is 0 Å². The summed E-state index contributed by atoms with van der Waals surface area (Å²) in [5.41, 5.74) is 3.11. The molecule has 3 heterocycles. The van der Waals surface area contributed by atoms with Gasteiger partial charge in [-0.3, -0.25) is 9.67 Å². The minimum Gasteiger partial charge on any atom is -0.458 e. The van der Waals surface area contributed by atoms with Gasteiger partial charge in [-0.25, -0.2) is 0 Å². The second-order valence-electron chi connectivity index (χ2n) is 7.52. The second-order valence-corrected chi connectivity index (χ2v) is 7.52. The average Bonchev–Trinajstić information content (AvgIpc) is 3.35. The zero-order valence-corrected chi connectivity index (χ0v) is 17.5. The lowest BCUT2D eigenvalue weighted by atomic mass is 10.1. The van der Waals surface area contributed by atoms with Crippen molar-refractivity contribution in [1.29, 1.82) is 0 Å². The summed E-state index contributed by atoms with van der Waals surface area (Å²) in [6.45, 7) is 3.97. The van der Waals surface area contributed by atoms with Crippen molar-refractivity contribution in [2.45, 2.75) is 32.4 Å². The Balaban J connectivity index is 1.61. The van der Waals surface area contributed by atoms with Crippen LogP contribution in [0.4, 0.5) is 0 Å². The molecule has 1 aliphatic rings. The number of benzene rings is 1. The van der Waals surface area contributed by atoms with E-state index in [0.29, 0.717) is 11.8 Å². The minimum atomic E-state index is 0.528. The third-order valence-electron chi connectivity index (χ3n) is 5.60. The smallest absolute Gasteiger partial charge is 0.185 e. The van der Waals surface area contributed by atoms with Crippen LogP contribution < -0.4 is 4.74 Å². The first kappa shape index (κ1) is 20.0. The summed E-state index contributed by atoms with van der Waals surface area (Å²) < 4.78 is 8.02. The summed E-state index contributed by atoms with van der Waals surface area (Å²) in [4.78, 5) is 6.76. The highest BCUT2D eigenvalue weighted by atomic mass is 16.5. The van der Waals surface area contributed by atoms with Crippen LogP contribution >= 0.6 is 0 Å². The highest BCUT2D eigenvalue weighted by Gasteiger charge is 2.23. The summed E-state index contributed by atoms with van der Waals surface area (Å²) >= 11 is 0. The van der Waals surface area contributed by atoms with E-state index in [9.17, 15) is 0 Å². The molecule has 0 amide bonds. The van der Waals surface area contributed by atoms with Crippen molar-refractivity contribution >= 4 is 18.9 Å². The Kier molecular flexibility index (Phi) is 6.01. The van der Waals surface area contributed by atoms with Crippen LogP contribution in [0.15, 0.2) is 66.7 Å². The molecule has 4 rings (SSSR count). The lowest BCUT2D eigenvalue weighted by Crippen LogP contribution is -2.30. The summed E-state index contributed by atoms with van der Waals surface area (Å²) in [5, 5.41) is 6.04. The van der Waals surface area contributed by atoms with E-state index in [4.69, 9.17) is 16.3 Å². The molecule has 0 bridgehead atoms. The van der Waals surface area contributed by atoms with Gasteiger partial charge in [-0.2, -0.15) is 5.10 Å². The Hall–Kier alpha value is -3.30. The Morgan fingerprint density at radius 3 is 2.87 bits per heavy atom. The first-order valence-electron chi connectivity index (χ1n) is 10.3. The number of pyridine rings is 1. The number of nitrogens with zero attached hydrogens (tertiary/aromatic N) is 4. The molecule has 0 unspecified atom stereocenters. The fourth-order valence-corrected chi connectivity index (χ4v) is 3.92. The monoisotopic (exact) mass is 396 g/mol. The van der Waals surface area contributed by atoms with Crippen molar-refractivity contribution in [3.8, 4) is 29.4 Å². The standard InChI is InChI=1S/C24H25BN4O/c1-3-5-8-20(4-2)30-21-11-9-18(10-12-21)24-22-16-26-14-13-23(22)29(27-24)17-19-7-6-15-28(19)25/h1,4-5,8-14,16,19H,6-7,15,17,25H2,2H3/b8-5-,20-4+/t19-/m0/s1. The topological polar surface area (TPSA) is 43.2 Å². The van der Waals surface area contributed by atoms with Crippen LogP contribution in [0.2, 0.25) is 0 Å². The number of rotatable bonds is 6. The molecule has 30 heavy (non-hydrogen) atoms. The van der Waals surface area contributed by atoms with Gasteiger partial charge in [0.2, 0.25) is 0 Å². The van der Waals surface area contributed by atoms with Crippen molar-refractivity contribution in [2.24, 2.45) is 0 Å². The molecule has 0 aliphatic carbocycles. The maximum atomic E-state index is 5.89. The molecule has 0 saturated carbocycles. The van der Waals surface area contributed by atoms with E-state index in [1.165, 1.54) is 12.8 Å². The largest absolute Gasteiger partial charge is 0.458 e. The van der Waals surface area contributed by atoms with Crippen LogP contribution in [0, 0.1) is 12.3 Å². The fourth-order valence-electron chi connectivity index (χ4n) is 3.92. The van der Waals surface area contributed by atoms with E-state index in [-0.39, 0.29) is 0 Å². The van der Waals surface area contributed by atoms with E-state index >= 15 is 0 Å². The van der Waals surface area contributed by atoms with Gasteiger partial charge in [0, 0.05) is 29.4 Å². The van der Waals surface area contributed by atoms with E-state index in [1.807, 2.05) is 49.7 Å². The van der Waals surface area contributed by atoms with Gasteiger partial charge in [-0.05, 0) is 74.9 Å². The highest BCUT2D eigenvalue weighted by Crippen LogP contribution is 2.30. The predicted octanol–water partition coefficient (Wildman–Crippen LogP) is 3.58. The van der Waals surface area contributed by atoms with Crippen LogP contribution in [-0.4, -0.2) is 40.1 Å². The van der Waals surface area contributed by atoms with Crippen LogP contribution in [0.3, 0.4) is 0 Å². The summed E-state index contributed by atoms with van der Waals surface area (Å²) in [6.07, 6.45) is 16.8.